The Labute approximate surface area is 113 Å². The maximum Gasteiger partial charge on any atom is 0.222 e. The van der Waals surface area contributed by atoms with Crippen LogP contribution in [0.1, 0.15) is 5.56 Å². The van der Waals surface area contributed by atoms with E-state index in [0.29, 0.717) is 34.7 Å². The summed E-state index contributed by atoms with van der Waals surface area (Å²) in [4.78, 5) is 8.06. The summed E-state index contributed by atoms with van der Waals surface area (Å²) in [7, 11) is 0. The third-order valence-corrected chi connectivity index (χ3v) is 3.13. The number of nitrogens with zero attached hydrogens (tertiary/aromatic N) is 2. The molecule has 1 aromatic carbocycles. The number of aromatic nitrogens is 2. The van der Waals surface area contributed by atoms with E-state index in [9.17, 15) is 0 Å². The summed E-state index contributed by atoms with van der Waals surface area (Å²) >= 11 is 6.11. The van der Waals surface area contributed by atoms with Crippen molar-refractivity contribution in [3.8, 4) is 0 Å². The Hall–Kier alpha value is -2.05. The number of rotatable bonds is 2. The van der Waals surface area contributed by atoms with Crippen molar-refractivity contribution in [1.82, 2.24) is 9.97 Å². The minimum absolute atomic E-state index is 0.105. The number of halogens is 1. The molecule has 7 heteroatoms. The molecule has 0 aliphatic carbocycles. The van der Waals surface area contributed by atoms with E-state index >= 15 is 0 Å². The maximum atomic E-state index is 6.11. The number of hydrogen-bond donors (Lipinski definition) is 3. The molecule has 0 unspecified atom stereocenters. The highest BCUT2D eigenvalue weighted by Crippen LogP contribution is 2.34. The average Bonchev–Trinajstić information content (AvgIpc) is 2.69. The van der Waals surface area contributed by atoms with Gasteiger partial charge in [-0.25, -0.2) is 4.98 Å². The van der Waals surface area contributed by atoms with Crippen LogP contribution in [0.5, 0.6) is 0 Å². The Morgan fingerprint density at radius 2 is 1.95 bits per heavy atom. The zero-order valence-corrected chi connectivity index (χ0v) is 10.7. The Bertz CT molecular complexity index is 783. The standard InChI is InChI=1S/C12H12ClN5O/c13-6-3-5(1-2-14)9-7(4-6)8-10(19-9)11(15)18-12(16)17-8/h3-4H,1-2,14H2,(H4,15,16,17,18). The molecule has 0 atom stereocenters. The molecule has 0 aliphatic heterocycles. The number of fused-ring (bicyclic) bond motifs is 3. The molecule has 3 aromatic rings. The molecule has 0 saturated heterocycles. The fraction of sp³-hybridized carbons (Fsp3) is 0.167. The highest BCUT2D eigenvalue weighted by molar-refractivity contribution is 6.32. The van der Waals surface area contributed by atoms with Crippen LogP contribution in [0, 0.1) is 0 Å². The molecular formula is C12H12ClN5O. The van der Waals surface area contributed by atoms with Crippen LogP contribution < -0.4 is 17.2 Å². The minimum atomic E-state index is 0.105. The molecule has 0 fully saturated rings. The van der Waals surface area contributed by atoms with E-state index in [1.54, 1.807) is 6.07 Å². The first-order chi connectivity index (χ1) is 9.10. The number of nitrogen functional groups attached to an aromatic ring is 2. The van der Waals surface area contributed by atoms with E-state index in [4.69, 9.17) is 33.2 Å². The fourth-order valence-electron chi connectivity index (χ4n) is 2.16. The second-order valence-electron chi connectivity index (χ2n) is 4.23. The molecule has 3 rings (SSSR count). The predicted octanol–water partition coefficient (Wildman–Crippen LogP) is 1.69. The maximum absolute atomic E-state index is 6.11. The van der Waals surface area contributed by atoms with Crippen LogP contribution >= 0.6 is 11.6 Å². The molecule has 0 radical (unpaired) electrons. The number of anilines is 2. The van der Waals surface area contributed by atoms with Crippen molar-refractivity contribution in [1.29, 1.82) is 0 Å². The van der Waals surface area contributed by atoms with Crippen molar-refractivity contribution >= 4 is 45.4 Å². The second kappa shape index (κ2) is 4.25. The third kappa shape index (κ3) is 1.85. The summed E-state index contributed by atoms with van der Waals surface area (Å²) < 4.78 is 5.76. The lowest BCUT2D eigenvalue weighted by atomic mass is 10.1. The van der Waals surface area contributed by atoms with E-state index in [1.165, 1.54) is 0 Å². The van der Waals surface area contributed by atoms with E-state index < -0.39 is 0 Å². The zero-order chi connectivity index (χ0) is 13.6. The van der Waals surface area contributed by atoms with Crippen molar-refractivity contribution in [3.63, 3.8) is 0 Å². The molecular weight excluding hydrogens is 266 g/mol. The smallest absolute Gasteiger partial charge is 0.222 e. The van der Waals surface area contributed by atoms with Gasteiger partial charge in [-0.2, -0.15) is 4.98 Å². The van der Waals surface area contributed by atoms with E-state index in [2.05, 4.69) is 9.97 Å². The number of hydrogen-bond acceptors (Lipinski definition) is 6. The largest absolute Gasteiger partial charge is 0.450 e. The van der Waals surface area contributed by atoms with Gasteiger partial charge in [-0.05, 0) is 30.7 Å². The van der Waals surface area contributed by atoms with Crippen LogP contribution in [0.2, 0.25) is 5.02 Å². The van der Waals surface area contributed by atoms with Gasteiger partial charge in [0.1, 0.15) is 11.1 Å². The third-order valence-electron chi connectivity index (χ3n) is 2.91. The van der Waals surface area contributed by atoms with Gasteiger partial charge in [0.15, 0.2) is 11.4 Å². The summed E-state index contributed by atoms with van der Waals surface area (Å²) in [5.41, 5.74) is 19.6. The Balaban J connectivity index is 2.46. The van der Waals surface area contributed by atoms with Crippen molar-refractivity contribution in [2.24, 2.45) is 5.73 Å². The molecule has 19 heavy (non-hydrogen) atoms. The first-order valence-corrected chi connectivity index (χ1v) is 6.11. The second-order valence-corrected chi connectivity index (χ2v) is 4.66. The van der Waals surface area contributed by atoms with Gasteiger partial charge < -0.3 is 21.6 Å². The molecule has 0 aliphatic rings. The highest BCUT2D eigenvalue weighted by Gasteiger charge is 2.16. The van der Waals surface area contributed by atoms with E-state index in [0.717, 1.165) is 10.9 Å². The fourth-order valence-corrected chi connectivity index (χ4v) is 2.40. The summed E-state index contributed by atoms with van der Waals surface area (Å²) in [6.07, 6.45) is 0.652. The van der Waals surface area contributed by atoms with Crippen molar-refractivity contribution in [2.75, 3.05) is 18.0 Å². The van der Waals surface area contributed by atoms with Crippen molar-refractivity contribution in [2.45, 2.75) is 6.42 Å². The van der Waals surface area contributed by atoms with Gasteiger partial charge in [-0.3, -0.25) is 0 Å². The van der Waals surface area contributed by atoms with Crippen LogP contribution in [0.25, 0.3) is 22.1 Å². The van der Waals surface area contributed by atoms with Gasteiger partial charge in [-0.1, -0.05) is 11.6 Å². The van der Waals surface area contributed by atoms with Crippen LogP contribution in [0.4, 0.5) is 11.8 Å². The lowest BCUT2D eigenvalue weighted by Crippen LogP contribution is -2.02. The molecule has 0 saturated carbocycles. The van der Waals surface area contributed by atoms with Crippen LogP contribution in [0.15, 0.2) is 16.5 Å². The quantitative estimate of drug-likeness (QED) is 0.656. The molecule has 6 N–H and O–H groups in total. The first kappa shape index (κ1) is 12.0. The number of furan rings is 1. The highest BCUT2D eigenvalue weighted by atomic mass is 35.5. The zero-order valence-electron chi connectivity index (χ0n) is 9.98. The van der Waals surface area contributed by atoms with E-state index in [1.807, 2.05) is 6.07 Å². The molecule has 6 nitrogen and oxygen atoms in total. The van der Waals surface area contributed by atoms with Gasteiger partial charge in [0.25, 0.3) is 0 Å². The topological polar surface area (TPSA) is 117 Å². The average molecular weight is 278 g/mol. The normalized spacial score (nSPS) is 11.5. The van der Waals surface area contributed by atoms with Gasteiger partial charge in [0.2, 0.25) is 5.95 Å². The van der Waals surface area contributed by atoms with Gasteiger partial charge >= 0.3 is 0 Å². The van der Waals surface area contributed by atoms with Crippen LogP contribution in [-0.4, -0.2) is 16.5 Å². The van der Waals surface area contributed by atoms with Gasteiger partial charge in [-0.15, -0.1) is 0 Å². The first-order valence-electron chi connectivity index (χ1n) is 5.74. The summed E-state index contributed by atoms with van der Waals surface area (Å²) in [5.74, 6) is 0.321. The Morgan fingerprint density at radius 3 is 2.68 bits per heavy atom. The number of nitrogens with two attached hydrogens (primary N) is 3. The van der Waals surface area contributed by atoms with Crippen LogP contribution in [-0.2, 0) is 6.42 Å². The predicted molar refractivity (Wildman–Crippen MR) is 75.9 cm³/mol. The van der Waals surface area contributed by atoms with Gasteiger partial charge in [0.05, 0.1) is 0 Å². The van der Waals surface area contributed by atoms with Crippen molar-refractivity contribution in [3.05, 3.63) is 22.7 Å². The summed E-state index contributed by atoms with van der Waals surface area (Å²) in [5, 5.41) is 1.36. The SMILES string of the molecule is NCCc1cc(Cl)cc2c1oc1c(N)nc(N)nc12. The van der Waals surface area contributed by atoms with Crippen LogP contribution in [0.3, 0.4) is 0 Å². The monoisotopic (exact) mass is 277 g/mol. The molecule has 98 valence electrons. The molecule has 0 spiro atoms. The molecule has 2 heterocycles. The molecule has 0 amide bonds. The molecule has 2 aromatic heterocycles. The number of benzene rings is 1. The molecule has 0 bridgehead atoms. The Kier molecular flexibility index (Phi) is 2.69. The Morgan fingerprint density at radius 1 is 1.16 bits per heavy atom. The van der Waals surface area contributed by atoms with Crippen molar-refractivity contribution < 1.29 is 4.42 Å². The summed E-state index contributed by atoms with van der Waals surface area (Å²) in [6, 6.07) is 3.60. The summed E-state index contributed by atoms with van der Waals surface area (Å²) in [6.45, 7) is 0.496. The van der Waals surface area contributed by atoms with E-state index in [-0.39, 0.29) is 11.8 Å². The lowest BCUT2D eigenvalue weighted by molar-refractivity contribution is 0.661. The minimum Gasteiger partial charge on any atom is -0.450 e. The lowest BCUT2D eigenvalue weighted by Gasteiger charge is -2.00. The van der Waals surface area contributed by atoms with Gasteiger partial charge in [0, 0.05) is 10.4 Å².